The lowest BCUT2D eigenvalue weighted by Crippen LogP contribution is -2.39. The summed E-state index contributed by atoms with van der Waals surface area (Å²) in [7, 11) is 0. The van der Waals surface area contributed by atoms with Gasteiger partial charge in [-0.1, -0.05) is 30.3 Å². The lowest BCUT2D eigenvalue weighted by molar-refractivity contribution is -0.192. The minimum Gasteiger partial charge on any atom is -0.476 e. The number of hydrogen-bond donors (Lipinski definition) is 4. The van der Waals surface area contributed by atoms with E-state index in [1.807, 2.05) is 0 Å². The summed E-state index contributed by atoms with van der Waals surface area (Å²) >= 11 is 0. The third-order valence-electron chi connectivity index (χ3n) is 6.39. The summed E-state index contributed by atoms with van der Waals surface area (Å²) in [5, 5.41) is 19.5. The molecule has 0 bridgehead atoms. The fraction of sp³-hybridized carbons (Fsp3) is 0.480. The van der Waals surface area contributed by atoms with Gasteiger partial charge in [0.25, 0.3) is 5.91 Å². The molecule has 2 aliphatic rings. The molecule has 202 valence electrons. The maximum atomic E-state index is 11.3. The molecule has 1 aliphatic carbocycles. The Labute approximate surface area is 212 Å². The minimum absolute atomic E-state index is 0.293. The van der Waals surface area contributed by atoms with E-state index in [-0.39, 0.29) is 0 Å². The standard InChI is InChI=1S/C23H30N4O3.C2HF3O2/c28-23(26-29)19-6-7-22(25-16-19)30-13-12-27-10-8-17(9-11-27)15-24-21-14-20(21)18-4-2-1-3-5-18;3-2(4,5)1(6)7/h1-7,16-17,20-21,24,29H,8-15H2,(H,26,28);(H,6,7). The highest BCUT2D eigenvalue weighted by atomic mass is 19.4. The number of halogens is 3. The summed E-state index contributed by atoms with van der Waals surface area (Å²) < 4.78 is 37.4. The highest BCUT2D eigenvalue weighted by Gasteiger charge is 2.38. The van der Waals surface area contributed by atoms with Gasteiger partial charge in [-0.05, 0) is 56.4 Å². The highest BCUT2D eigenvalue weighted by Crippen LogP contribution is 2.40. The van der Waals surface area contributed by atoms with Crippen molar-refractivity contribution >= 4 is 11.9 Å². The fourth-order valence-corrected chi connectivity index (χ4v) is 4.17. The molecule has 2 atom stereocenters. The van der Waals surface area contributed by atoms with Crippen molar-refractivity contribution < 1.29 is 37.8 Å². The van der Waals surface area contributed by atoms with Crippen LogP contribution in [0.3, 0.4) is 0 Å². The van der Waals surface area contributed by atoms with Gasteiger partial charge in [0.1, 0.15) is 6.61 Å². The number of nitrogens with one attached hydrogen (secondary N) is 2. The monoisotopic (exact) mass is 524 g/mol. The molecule has 9 nitrogen and oxygen atoms in total. The van der Waals surface area contributed by atoms with Crippen LogP contribution in [-0.4, -0.2) is 77.1 Å². The number of alkyl halides is 3. The van der Waals surface area contributed by atoms with Crippen LogP contribution in [0.1, 0.15) is 41.1 Å². The predicted molar refractivity (Wildman–Crippen MR) is 127 cm³/mol. The maximum Gasteiger partial charge on any atom is 0.490 e. The molecule has 37 heavy (non-hydrogen) atoms. The van der Waals surface area contributed by atoms with Crippen molar-refractivity contribution in [1.29, 1.82) is 0 Å². The van der Waals surface area contributed by atoms with Crippen molar-refractivity contribution in [2.75, 3.05) is 32.8 Å². The van der Waals surface area contributed by atoms with Crippen LogP contribution in [0.2, 0.25) is 0 Å². The number of ether oxygens (including phenoxy) is 1. The summed E-state index contributed by atoms with van der Waals surface area (Å²) in [5.74, 6) is -1.40. The summed E-state index contributed by atoms with van der Waals surface area (Å²) in [6, 6.07) is 14.7. The Balaban J connectivity index is 0.000000479. The zero-order valence-corrected chi connectivity index (χ0v) is 20.2. The number of carbonyl (C=O) groups excluding carboxylic acids is 1. The molecular formula is C25H31F3N4O5. The van der Waals surface area contributed by atoms with E-state index in [2.05, 4.69) is 45.5 Å². The Morgan fingerprint density at radius 1 is 1.11 bits per heavy atom. The van der Waals surface area contributed by atoms with Gasteiger partial charge in [0, 0.05) is 30.8 Å². The molecule has 1 amide bonds. The Kier molecular flexibility index (Phi) is 10.2. The van der Waals surface area contributed by atoms with Crippen molar-refractivity contribution in [3.8, 4) is 5.88 Å². The van der Waals surface area contributed by atoms with Gasteiger partial charge >= 0.3 is 12.1 Å². The SMILES string of the molecule is O=C(NO)c1ccc(OCCN2CCC(CNC3CC3c3ccccc3)CC2)nc1.O=C(O)C(F)(F)F. The topological polar surface area (TPSA) is 124 Å². The van der Waals surface area contributed by atoms with Crippen molar-refractivity contribution in [2.45, 2.75) is 37.4 Å². The second-order valence-corrected chi connectivity index (χ2v) is 9.03. The van der Waals surface area contributed by atoms with Crippen LogP contribution < -0.4 is 15.5 Å². The predicted octanol–water partition coefficient (Wildman–Crippen LogP) is 3.07. The van der Waals surface area contributed by atoms with E-state index >= 15 is 0 Å². The van der Waals surface area contributed by atoms with E-state index in [9.17, 15) is 18.0 Å². The number of hydroxylamine groups is 1. The number of aromatic nitrogens is 1. The highest BCUT2D eigenvalue weighted by molar-refractivity contribution is 5.92. The number of piperidine rings is 1. The number of carbonyl (C=O) groups is 2. The molecule has 4 N–H and O–H groups in total. The molecule has 2 aromatic rings. The van der Waals surface area contributed by atoms with Crippen molar-refractivity contribution in [2.24, 2.45) is 5.92 Å². The average molecular weight is 525 g/mol. The van der Waals surface area contributed by atoms with Gasteiger partial charge in [-0.15, -0.1) is 0 Å². The maximum absolute atomic E-state index is 11.3. The summed E-state index contributed by atoms with van der Waals surface area (Å²) in [4.78, 5) is 26.7. The van der Waals surface area contributed by atoms with Gasteiger partial charge in [-0.3, -0.25) is 14.9 Å². The van der Waals surface area contributed by atoms with Gasteiger partial charge in [-0.2, -0.15) is 13.2 Å². The van der Waals surface area contributed by atoms with Crippen LogP contribution in [0.5, 0.6) is 5.88 Å². The van der Waals surface area contributed by atoms with Gasteiger partial charge in [0.15, 0.2) is 0 Å². The molecule has 2 heterocycles. The number of benzene rings is 1. The van der Waals surface area contributed by atoms with Crippen molar-refractivity contribution in [3.05, 3.63) is 59.8 Å². The Morgan fingerprint density at radius 3 is 2.35 bits per heavy atom. The number of carboxylic acid groups (broad SMARTS) is 1. The first kappa shape index (κ1) is 28.4. The first-order valence-electron chi connectivity index (χ1n) is 12.0. The molecule has 2 unspecified atom stereocenters. The molecule has 1 aromatic heterocycles. The van der Waals surface area contributed by atoms with Gasteiger partial charge in [-0.25, -0.2) is 15.3 Å². The summed E-state index contributed by atoms with van der Waals surface area (Å²) in [6.45, 7) is 4.77. The normalized spacial score (nSPS) is 19.9. The van der Waals surface area contributed by atoms with Crippen LogP contribution in [0.25, 0.3) is 0 Å². The third-order valence-corrected chi connectivity index (χ3v) is 6.39. The molecule has 1 aromatic carbocycles. The van der Waals surface area contributed by atoms with Crippen LogP contribution >= 0.6 is 0 Å². The molecule has 1 saturated heterocycles. The molecule has 2 fully saturated rings. The van der Waals surface area contributed by atoms with Crippen molar-refractivity contribution in [3.63, 3.8) is 0 Å². The molecule has 1 saturated carbocycles. The smallest absolute Gasteiger partial charge is 0.476 e. The Morgan fingerprint density at radius 2 is 1.78 bits per heavy atom. The number of pyridine rings is 1. The van der Waals surface area contributed by atoms with E-state index in [1.54, 1.807) is 17.6 Å². The first-order chi connectivity index (χ1) is 17.7. The first-order valence-corrected chi connectivity index (χ1v) is 12.0. The van der Waals surface area contributed by atoms with E-state index < -0.39 is 18.1 Å². The quantitative estimate of drug-likeness (QED) is 0.292. The Bertz CT molecular complexity index is 1000. The molecule has 1 aliphatic heterocycles. The van der Waals surface area contributed by atoms with Crippen LogP contribution in [0.15, 0.2) is 48.7 Å². The van der Waals surface area contributed by atoms with Crippen LogP contribution in [-0.2, 0) is 4.79 Å². The van der Waals surface area contributed by atoms with Crippen LogP contribution in [0, 0.1) is 5.92 Å². The average Bonchev–Trinajstić information content (AvgIpc) is 3.68. The molecule has 0 spiro atoms. The zero-order valence-electron chi connectivity index (χ0n) is 20.2. The van der Waals surface area contributed by atoms with E-state index in [0.29, 0.717) is 30.0 Å². The van der Waals surface area contributed by atoms with E-state index in [1.165, 1.54) is 31.0 Å². The summed E-state index contributed by atoms with van der Waals surface area (Å²) in [6.07, 6.45) is 0.0133. The number of nitrogens with zero attached hydrogens (tertiary/aromatic N) is 2. The number of aliphatic carboxylic acids is 1. The second kappa shape index (κ2) is 13.4. The number of likely N-dealkylation sites (tertiary alicyclic amines) is 1. The number of hydrogen-bond acceptors (Lipinski definition) is 7. The molecule has 12 heteroatoms. The van der Waals surface area contributed by atoms with E-state index in [4.69, 9.17) is 19.8 Å². The second-order valence-electron chi connectivity index (χ2n) is 9.03. The van der Waals surface area contributed by atoms with Crippen molar-refractivity contribution in [1.82, 2.24) is 20.7 Å². The lowest BCUT2D eigenvalue weighted by atomic mass is 9.97. The number of amides is 1. The van der Waals surface area contributed by atoms with E-state index in [0.717, 1.165) is 32.1 Å². The summed E-state index contributed by atoms with van der Waals surface area (Å²) in [5.41, 5.74) is 3.34. The number of rotatable bonds is 9. The van der Waals surface area contributed by atoms with Gasteiger partial charge in [0.05, 0.1) is 5.56 Å². The molecule has 4 rings (SSSR count). The molecule has 0 radical (unpaired) electrons. The van der Waals surface area contributed by atoms with Crippen LogP contribution in [0.4, 0.5) is 13.2 Å². The van der Waals surface area contributed by atoms with Gasteiger partial charge < -0.3 is 15.2 Å². The minimum atomic E-state index is -5.08. The fourth-order valence-electron chi connectivity index (χ4n) is 4.17. The lowest BCUT2D eigenvalue weighted by Gasteiger charge is -2.32. The third kappa shape index (κ3) is 9.30. The largest absolute Gasteiger partial charge is 0.490 e. The van der Waals surface area contributed by atoms with Gasteiger partial charge in [0.2, 0.25) is 5.88 Å². The Hall–Kier alpha value is -3.22. The molecular weight excluding hydrogens is 493 g/mol. The number of carboxylic acids is 1. The zero-order chi connectivity index (χ0) is 26.8.